The Labute approximate surface area is 137 Å². The number of fused-ring (bicyclic) bond motifs is 1. The molecule has 2 aromatic heterocycles. The van der Waals surface area contributed by atoms with Gasteiger partial charge in [-0.05, 0) is 57.7 Å². The summed E-state index contributed by atoms with van der Waals surface area (Å²) in [7, 11) is 0. The van der Waals surface area contributed by atoms with Gasteiger partial charge in [0.05, 0.1) is 11.0 Å². The van der Waals surface area contributed by atoms with Gasteiger partial charge in [0, 0.05) is 32.0 Å². The first-order valence-electron chi connectivity index (χ1n) is 8.30. The standard InChI is InChI=1S/C18H25N3O2/c1-18(2,3)23-17(22)21-10-5-6-14(13-21)12-20-11-8-15-16(20)7-4-9-19-15/h4,7-9,11,14H,5-6,10,12-13H2,1-3H3. The Balaban J connectivity index is 1.66. The quantitative estimate of drug-likeness (QED) is 0.849. The highest BCUT2D eigenvalue weighted by atomic mass is 16.6. The number of hydrogen-bond donors (Lipinski definition) is 0. The third-order valence-electron chi connectivity index (χ3n) is 4.16. The fourth-order valence-corrected chi connectivity index (χ4v) is 3.16. The van der Waals surface area contributed by atoms with Crippen molar-refractivity contribution in [2.24, 2.45) is 5.92 Å². The topological polar surface area (TPSA) is 47.4 Å². The minimum Gasteiger partial charge on any atom is -0.444 e. The van der Waals surface area contributed by atoms with E-state index in [2.05, 4.69) is 21.8 Å². The minimum atomic E-state index is -0.438. The van der Waals surface area contributed by atoms with Gasteiger partial charge in [0.2, 0.25) is 0 Å². The molecule has 1 saturated heterocycles. The molecular weight excluding hydrogens is 290 g/mol. The molecule has 3 rings (SSSR count). The van der Waals surface area contributed by atoms with Gasteiger partial charge in [-0.25, -0.2) is 4.79 Å². The molecule has 5 heteroatoms. The average molecular weight is 315 g/mol. The van der Waals surface area contributed by atoms with E-state index in [1.807, 2.05) is 44.0 Å². The van der Waals surface area contributed by atoms with E-state index < -0.39 is 5.60 Å². The molecule has 0 spiro atoms. The summed E-state index contributed by atoms with van der Waals surface area (Å²) >= 11 is 0. The van der Waals surface area contributed by atoms with Crippen molar-refractivity contribution in [3.8, 4) is 0 Å². The summed E-state index contributed by atoms with van der Waals surface area (Å²) in [6.07, 6.45) is 5.88. The Hall–Kier alpha value is -2.04. The van der Waals surface area contributed by atoms with Crippen LogP contribution in [0.4, 0.5) is 4.79 Å². The number of carbonyl (C=O) groups excluding carboxylic acids is 1. The van der Waals surface area contributed by atoms with Crippen molar-refractivity contribution in [3.63, 3.8) is 0 Å². The van der Waals surface area contributed by atoms with Gasteiger partial charge in [0.1, 0.15) is 5.60 Å². The zero-order chi connectivity index (χ0) is 16.4. The number of nitrogens with zero attached hydrogens (tertiary/aromatic N) is 3. The van der Waals surface area contributed by atoms with Gasteiger partial charge in [0.15, 0.2) is 0 Å². The fourth-order valence-electron chi connectivity index (χ4n) is 3.16. The number of aromatic nitrogens is 2. The van der Waals surface area contributed by atoms with E-state index in [9.17, 15) is 4.79 Å². The van der Waals surface area contributed by atoms with Gasteiger partial charge >= 0.3 is 6.09 Å². The number of piperidine rings is 1. The first-order valence-corrected chi connectivity index (χ1v) is 8.30. The van der Waals surface area contributed by atoms with Gasteiger partial charge in [-0.3, -0.25) is 4.98 Å². The van der Waals surface area contributed by atoms with Crippen LogP contribution in [0.1, 0.15) is 33.6 Å². The molecule has 1 aliphatic heterocycles. The Kier molecular flexibility index (Phi) is 4.28. The van der Waals surface area contributed by atoms with E-state index in [1.54, 1.807) is 0 Å². The fraction of sp³-hybridized carbons (Fsp3) is 0.556. The van der Waals surface area contributed by atoms with Gasteiger partial charge < -0.3 is 14.2 Å². The first kappa shape index (κ1) is 15.8. The highest BCUT2D eigenvalue weighted by Crippen LogP contribution is 2.22. The number of hydrogen-bond acceptors (Lipinski definition) is 3. The summed E-state index contributed by atoms with van der Waals surface area (Å²) in [6, 6.07) is 6.10. The van der Waals surface area contributed by atoms with Crippen molar-refractivity contribution in [3.05, 3.63) is 30.6 Å². The van der Waals surface area contributed by atoms with E-state index in [-0.39, 0.29) is 6.09 Å². The summed E-state index contributed by atoms with van der Waals surface area (Å²) in [5.74, 6) is 0.451. The first-order chi connectivity index (χ1) is 10.9. The van der Waals surface area contributed by atoms with Gasteiger partial charge in [-0.1, -0.05) is 0 Å². The monoisotopic (exact) mass is 315 g/mol. The third-order valence-corrected chi connectivity index (χ3v) is 4.16. The molecule has 1 unspecified atom stereocenters. The molecule has 1 amide bonds. The maximum absolute atomic E-state index is 12.3. The van der Waals surface area contributed by atoms with Crippen LogP contribution >= 0.6 is 0 Å². The Morgan fingerprint density at radius 1 is 1.39 bits per heavy atom. The molecular formula is C18H25N3O2. The molecule has 124 valence electrons. The Bertz CT molecular complexity index is 687. The molecule has 2 aromatic rings. The summed E-state index contributed by atoms with van der Waals surface area (Å²) in [5.41, 5.74) is 1.74. The number of pyridine rings is 1. The van der Waals surface area contributed by atoms with E-state index in [0.29, 0.717) is 5.92 Å². The van der Waals surface area contributed by atoms with Crippen LogP contribution in [0.15, 0.2) is 30.6 Å². The minimum absolute atomic E-state index is 0.193. The second kappa shape index (κ2) is 6.22. The molecule has 1 fully saturated rings. The van der Waals surface area contributed by atoms with E-state index in [0.717, 1.165) is 43.5 Å². The highest BCUT2D eigenvalue weighted by molar-refractivity contribution is 5.75. The maximum atomic E-state index is 12.3. The number of ether oxygens (including phenoxy) is 1. The average Bonchev–Trinajstić information content (AvgIpc) is 2.89. The molecule has 0 aromatic carbocycles. The molecule has 5 nitrogen and oxygen atoms in total. The Morgan fingerprint density at radius 2 is 2.22 bits per heavy atom. The lowest BCUT2D eigenvalue weighted by Gasteiger charge is -2.34. The Morgan fingerprint density at radius 3 is 3.00 bits per heavy atom. The van der Waals surface area contributed by atoms with Crippen molar-refractivity contribution in [1.82, 2.24) is 14.5 Å². The van der Waals surface area contributed by atoms with Gasteiger partial charge in [-0.15, -0.1) is 0 Å². The SMILES string of the molecule is CC(C)(C)OC(=O)N1CCCC(Cn2ccc3ncccc32)C1. The molecule has 23 heavy (non-hydrogen) atoms. The molecule has 0 radical (unpaired) electrons. The van der Waals surface area contributed by atoms with Gasteiger partial charge in [0.25, 0.3) is 0 Å². The van der Waals surface area contributed by atoms with Crippen LogP contribution < -0.4 is 0 Å². The van der Waals surface area contributed by atoms with Crippen LogP contribution in [0.25, 0.3) is 11.0 Å². The van der Waals surface area contributed by atoms with E-state index in [1.165, 1.54) is 0 Å². The lowest BCUT2D eigenvalue weighted by Crippen LogP contribution is -2.43. The number of rotatable bonds is 2. The maximum Gasteiger partial charge on any atom is 0.410 e. The summed E-state index contributed by atoms with van der Waals surface area (Å²) < 4.78 is 7.74. The molecule has 3 heterocycles. The summed E-state index contributed by atoms with van der Waals surface area (Å²) in [6.45, 7) is 8.19. The van der Waals surface area contributed by atoms with Crippen LogP contribution in [-0.4, -0.2) is 39.2 Å². The van der Waals surface area contributed by atoms with Crippen LogP contribution in [0.2, 0.25) is 0 Å². The second-order valence-corrected chi connectivity index (χ2v) is 7.31. The molecule has 0 bridgehead atoms. The highest BCUT2D eigenvalue weighted by Gasteiger charge is 2.27. The largest absolute Gasteiger partial charge is 0.444 e. The predicted molar refractivity (Wildman–Crippen MR) is 90.3 cm³/mol. The molecule has 0 aliphatic carbocycles. The number of likely N-dealkylation sites (tertiary alicyclic amines) is 1. The van der Waals surface area contributed by atoms with Crippen molar-refractivity contribution < 1.29 is 9.53 Å². The predicted octanol–water partition coefficient (Wildman–Crippen LogP) is 3.68. The lowest BCUT2D eigenvalue weighted by molar-refractivity contribution is 0.0158. The summed E-state index contributed by atoms with van der Waals surface area (Å²) in [4.78, 5) is 18.5. The van der Waals surface area contributed by atoms with E-state index >= 15 is 0 Å². The van der Waals surface area contributed by atoms with Crippen LogP contribution in [-0.2, 0) is 11.3 Å². The second-order valence-electron chi connectivity index (χ2n) is 7.31. The summed E-state index contributed by atoms with van der Waals surface area (Å²) in [5, 5.41) is 0. The van der Waals surface area contributed by atoms with Crippen LogP contribution in [0, 0.1) is 5.92 Å². The third kappa shape index (κ3) is 3.84. The van der Waals surface area contributed by atoms with Crippen LogP contribution in [0.5, 0.6) is 0 Å². The number of amides is 1. The van der Waals surface area contributed by atoms with Crippen molar-refractivity contribution >= 4 is 17.1 Å². The molecule has 1 atom stereocenters. The van der Waals surface area contributed by atoms with Crippen molar-refractivity contribution in [1.29, 1.82) is 0 Å². The van der Waals surface area contributed by atoms with Crippen molar-refractivity contribution in [2.45, 2.75) is 45.8 Å². The zero-order valence-electron chi connectivity index (χ0n) is 14.2. The van der Waals surface area contributed by atoms with Crippen molar-refractivity contribution in [2.75, 3.05) is 13.1 Å². The van der Waals surface area contributed by atoms with Crippen LogP contribution in [0.3, 0.4) is 0 Å². The number of carbonyl (C=O) groups is 1. The van der Waals surface area contributed by atoms with Gasteiger partial charge in [-0.2, -0.15) is 0 Å². The normalized spacial score (nSPS) is 19.1. The molecule has 0 saturated carbocycles. The molecule has 0 N–H and O–H groups in total. The molecule has 1 aliphatic rings. The lowest BCUT2D eigenvalue weighted by atomic mass is 9.98. The van der Waals surface area contributed by atoms with E-state index in [4.69, 9.17) is 4.74 Å². The zero-order valence-corrected chi connectivity index (χ0v) is 14.2. The smallest absolute Gasteiger partial charge is 0.410 e.